The quantitative estimate of drug-likeness (QED) is 0.826. The van der Waals surface area contributed by atoms with Crippen molar-refractivity contribution in [3.63, 3.8) is 0 Å². The van der Waals surface area contributed by atoms with E-state index in [4.69, 9.17) is 0 Å². The van der Waals surface area contributed by atoms with Crippen LogP contribution in [-0.2, 0) is 0 Å². The molecular weight excluding hydrogens is 258 g/mol. The monoisotopic (exact) mass is 273 g/mol. The van der Waals surface area contributed by atoms with Gasteiger partial charge >= 0.3 is 0 Å². The SMILES string of the molecule is Br.CC(C)(C)NC(=O)c1ccccc1O. The van der Waals surface area contributed by atoms with Crippen LogP contribution in [0.5, 0.6) is 5.75 Å². The summed E-state index contributed by atoms with van der Waals surface area (Å²) in [6, 6.07) is 6.49. The van der Waals surface area contributed by atoms with Crippen molar-refractivity contribution < 1.29 is 9.90 Å². The smallest absolute Gasteiger partial charge is 0.255 e. The fourth-order valence-corrected chi connectivity index (χ4v) is 1.07. The van der Waals surface area contributed by atoms with Crippen LogP contribution in [-0.4, -0.2) is 16.6 Å². The number of halogens is 1. The summed E-state index contributed by atoms with van der Waals surface area (Å²) in [7, 11) is 0. The molecule has 0 spiro atoms. The molecule has 1 rings (SSSR count). The maximum absolute atomic E-state index is 11.6. The van der Waals surface area contributed by atoms with E-state index in [1.54, 1.807) is 18.2 Å². The number of phenols is 1. The molecule has 1 amide bonds. The lowest BCUT2D eigenvalue weighted by Crippen LogP contribution is -2.40. The van der Waals surface area contributed by atoms with Crippen LogP contribution in [0, 0.1) is 0 Å². The summed E-state index contributed by atoms with van der Waals surface area (Å²) >= 11 is 0. The fourth-order valence-electron chi connectivity index (χ4n) is 1.07. The molecule has 0 heterocycles. The first-order valence-electron chi connectivity index (χ1n) is 4.51. The molecule has 4 heteroatoms. The molecule has 1 aromatic rings. The molecule has 0 saturated heterocycles. The molecule has 84 valence electrons. The molecule has 0 saturated carbocycles. The Morgan fingerprint density at radius 3 is 2.27 bits per heavy atom. The van der Waals surface area contributed by atoms with Gasteiger partial charge in [-0.05, 0) is 32.9 Å². The van der Waals surface area contributed by atoms with E-state index in [1.807, 2.05) is 20.8 Å². The zero-order valence-corrected chi connectivity index (χ0v) is 10.8. The summed E-state index contributed by atoms with van der Waals surface area (Å²) in [6.45, 7) is 5.68. The average molecular weight is 274 g/mol. The van der Waals surface area contributed by atoms with Crippen molar-refractivity contribution in [3.8, 4) is 5.75 Å². The number of hydrogen-bond acceptors (Lipinski definition) is 2. The molecule has 0 aliphatic carbocycles. The number of phenolic OH excluding ortho intramolecular Hbond substituents is 1. The Labute approximate surface area is 100 Å². The largest absolute Gasteiger partial charge is 0.507 e. The van der Waals surface area contributed by atoms with Crippen LogP contribution >= 0.6 is 17.0 Å². The molecule has 15 heavy (non-hydrogen) atoms. The van der Waals surface area contributed by atoms with Crippen LogP contribution in [0.4, 0.5) is 0 Å². The number of aromatic hydroxyl groups is 1. The van der Waals surface area contributed by atoms with Crippen molar-refractivity contribution in [3.05, 3.63) is 29.8 Å². The van der Waals surface area contributed by atoms with Crippen molar-refractivity contribution >= 4 is 22.9 Å². The summed E-state index contributed by atoms with van der Waals surface area (Å²) in [5.41, 5.74) is 0.0155. The summed E-state index contributed by atoms with van der Waals surface area (Å²) < 4.78 is 0. The van der Waals surface area contributed by atoms with Crippen LogP contribution in [0.15, 0.2) is 24.3 Å². The van der Waals surface area contributed by atoms with Crippen molar-refractivity contribution in [2.75, 3.05) is 0 Å². The number of benzene rings is 1. The number of para-hydroxylation sites is 1. The Bertz CT molecular complexity index is 345. The number of amides is 1. The molecule has 3 nitrogen and oxygen atoms in total. The Morgan fingerprint density at radius 2 is 1.80 bits per heavy atom. The van der Waals surface area contributed by atoms with Gasteiger partial charge in [0.15, 0.2) is 0 Å². The van der Waals surface area contributed by atoms with Crippen LogP contribution in [0.2, 0.25) is 0 Å². The summed E-state index contributed by atoms with van der Waals surface area (Å²) in [5, 5.41) is 12.2. The van der Waals surface area contributed by atoms with Crippen molar-refractivity contribution in [1.29, 1.82) is 0 Å². The molecule has 0 aliphatic rings. The van der Waals surface area contributed by atoms with E-state index < -0.39 is 0 Å². The third kappa shape index (κ3) is 4.34. The maximum atomic E-state index is 11.6. The lowest BCUT2D eigenvalue weighted by Gasteiger charge is -2.20. The third-order valence-electron chi connectivity index (χ3n) is 1.64. The van der Waals surface area contributed by atoms with E-state index >= 15 is 0 Å². The van der Waals surface area contributed by atoms with E-state index in [9.17, 15) is 9.90 Å². The second kappa shape index (κ2) is 5.16. The highest BCUT2D eigenvalue weighted by Gasteiger charge is 2.17. The Kier molecular flexibility index (Phi) is 4.81. The first-order valence-corrected chi connectivity index (χ1v) is 4.51. The topological polar surface area (TPSA) is 49.3 Å². The highest BCUT2D eigenvalue weighted by Crippen LogP contribution is 2.16. The number of carbonyl (C=O) groups excluding carboxylic acids is 1. The van der Waals surface area contributed by atoms with Gasteiger partial charge in [0.1, 0.15) is 5.75 Å². The number of carbonyl (C=O) groups is 1. The molecule has 0 fully saturated rings. The molecule has 0 bridgehead atoms. The minimum atomic E-state index is -0.292. The molecule has 0 radical (unpaired) electrons. The van der Waals surface area contributed by atoms with Gasteiger partial charge in [-0.2, -0.15) is 0 Å². The van der Waals surface area contributed by atoms with Gasteiger partial charge in [-0.25, -0.2) is 0 Å². The average Bonchev–Trinajstić information content (AvgIpc) is 2.01. The van der Waals surface area contributed by atoms with Crippen molar-refractivity contribution in [2.45, 2.75) is 26.3 Å². The lowest BCUT2D eigenvalue weighted by molar-refractivity contribution is 0.0917. The Morgan fingerprint density at radius 1 is 1.27 bits per heavy atom. The van der Waals surface area contributed by atoms with Crippen LogP contribution in [0.25, 0.3) is 0 Å². The lowest BCUT2D eigenvalue weighted by atomic mass is 10.1. The molecule has 0 unspecified atom stereocenters. The van der Waals surface area contributed by atoms with E-state index in [0.717, 1.165) is 0 Å². The normalized spacial score (nSPS) is 10.3. The maximum Gasteiger partial charge on any atom is 0.255 e. The third-order valence-corrected chi connectivity index (χ3v) is 1.64. The minimum Gasteiger partial charge on any atom is -0.507 e. The van der Waals surface area contributed by atoms with E-state index in [2.05, 4.69) is 5.32 Å². The summed E-state index contributed by atoms with van der Waals surface area (Å²) in [4.78, 5) is 11.6. The first-order chi connectivity index (χ1) is 6.40. The van der Waals surface area contributed by atoms with E-state index in [-0.39, 0.29) is 34.2 Å². The van der Waals surface area contributed by atoms with Crippen LogP contribution < -0.4 is 5.32 Å². The highest BCUT2D eigenvalue weighted by atomic mass is 79.9. The molecule has 1 aromatic carbocycles. The van der Waals surface area contributed by atoms with Gasteiger partial charge in [-0.3, -0.25) is 4.79 Å². The highest BCUT2D eigenvalue weighted by molar-refractivity contribution is 8.93. The number of nitrogens with one attached hydrogen (secondary N) is 1. The number of rotatable bonds is 1. The van der Waals surface area contributed by atoms with Crippen LogP contribution in [0.1, 0.15) is 31.1 Å². The van der Waals surface area contributed by atoms with Gasteiger partial charge in [0.2, 0.25) is 0 Å². The van der Waals surface area contributed by atoms with E-state index in [0.29, 0.717) is 5.56 Å². The first kappa shape index (κ1) is 14.0. The van der Waals surface area contributed by atoms with E-state index in [1.165, 1.54) is 6.07 Å². The molecule has 0 atom stereocenters. The van der Waals surface area contributed by atoms with Gasteiger partial charge in [-0.1, -0.05) is 12.1 Å². The Hall–Kier alpha value is -1.03. The number of hydrogen-bond donors (Lipinski definition) is 2. The minimum absolute atomic E-state index is 0. The van der Waals surface area contributed by atoms with Crippen molar-refractivity contribution in [2.24, 2.45) is 0 Å². The van der Waals surface area contributed by atoms with Gasteiger partial charge in [0.25, 0.3) is 5.91 Å². The summed E-state index contributed by atoms with van der Waals surface area (Å²) in [5.74, 6) is -0.246. The predicted octanol–water partition coefficient (Wildman–Crippen LogP) is 2.50. The predicted molar refractivity (Wildman–Crippen MR) is 65.6 cm³/mol. The standard InChI is InChI=1S/C11H15NO2.BrH/c1-11(2,3)12-10(14)8-6-4-5-7-9(8)13;/h4-7,13H,1-3H3,(H,12,14);1H. The second-order valence-electron chi connectivity index (χ2n) is 4.22. The Balaban J connectivity index is 0.00000196. The van der Waals surface area contributed by atoms with Gasteiger partial charge in [-0.15, -0.1) is 17.0 Å². The molecular formula is C11H16BrNO2. The molecule has 0 aliphatic heterocycles. The van der Waals surface area contributed by atoms with Gasteiger partial charge < -0.3 is 10.4 Å². The zero-order valence-electron chi connectivity index (χ0n) is 9.07. The molecule has 0 aromatic heterocycles. The fraction of sp³-hybridized carbons (Fsp3) is 0.364. The molecule has 2 N–H and O–H groups in total. The van der Waals surface area contributed by atoms with Crippen molar-refractivity contribution in [1.82, 2.24) is 5.32 Å². The van der Waals surface area contributed by atoms with Gasteiger partial charge in [0, 0.05) is 5.54 Å². The van der Waals surface area contributed by atoms with Crippen LogP contribution in [0.3, 0.4) is 0 Å². The zero-order chi connectivity index (χ0) is 10.8. The second-order valence-corrected chi connectivity index (χ2v) is 4.22. The summed E-state index contributed by atoms with van der Waals surface area (Å²) in [6.07, 6.45) is 0. The van der Waals surface area contributed by atoms with Gasteiger partial charge in [0.05, 0.1) is 5.56 Å².